The van der Waals surface area contributed by atoms with Crippen LogP contribution in [0.4, 0.5) is 4.39 Å². The molecule has 1 atom stereocenters. The molecule has 0 spiro atoms. The van der Waals surface area contributed by atoms with Crippen LogP contribution < -0.4 is 5.73 Å². The van der Waals surface area contributed by atoms with E-state index in [1.54, 1.807) is 0 Å². The molecule has 1 aromatic rings. The number of hydrogen-bond donors (Lipinski definition) is 1. The van der Waals surface area contributed by atoms with Crippen molar-refractivity contribution in [1.82, 2.24) is 4.31 Å². The van der Waals surface area contributed by atoms with Crippen LogP contribution in [0.3, 0.4) is 0 Å². The van der Waals surface area contributed by atoms with E-state index in [2.05, 4.69) is 0 Å². The van der Waals surface area contributed by atoms with Gasteiger partial charge in [0.1, 0.15) is 5.82 Å². The molecule has 0 aliphatic carbocycles. The van der Waals surface area contributed by atoms with E-state index in [9.17, 15) is 12.8 Å². The third kappa shape index (κ3) is 2.76. The summed E-state index contributed by atoms with van der Waals surface area (Å²) in [5, 5.41) is -0.115. The summed E-state index contributed by atoms with van der Waals surface area (Å²) < 4.78 is 39.8. The minimum atomic E-state index is -3.66. The maximum Gasteiger partial charge on any atom is 0.243 e. The predicted octanol–water partition coefficient (Wildman–Crippen LogP) is 1.97. The number of benzene rings is 1. The molecule has 2 rings (SSSR count). The monoisotopic (exact) mass is 306 g/mol. The highest BCUT2D eigenvalue weighted by Crippen LogP contribution is 2.28. The van der Waals surface area contributed by atoms with E-state index in [0.717, 1.165) is 12.5 Å². The normalized spacial score (nSPS) is 20.9. The topological polar surface area (TPSA) is 63.4 Å². The van der Waals surface area contributed by atoms with Crippen LogP contribution in [0.25, 0.3) is 0 Å². The van der Waals surface area contributed by atoms with Crippen molar-refractivity contribution in [2.45, 2.75) is 24.8 Å². The molecule has 106 valence electrons. The SMILES string of the molecule is CC1CCN(S(=O)(=O)c2cc(F)c(Cl)c(CN)c2)C1. The largest absolute Gasteiger partial charge is 0.326 e. The van der Waals surface area contributed by atoms with E-state index < -0.39 is 15.8 Å². The Morgan fingerprint density at radius 1 is 1.53 bits per heavy atom. The lowest BCUT2D eigenvalue weighted by molar-refractivity contribution is 0.463. The van der Waals surface area contributed by atoms with E-state index in [1.165, 1.54) is 10.4 Å². The summed E-state index contributed by atoms with van der Waals surface area (Å²) in [6.07, 6.45) is 0.818. The zero-order valence-electron chi connectivity index (χ0n) is 10.6. The Balaban J connectivity index is 2.44. The van der Waals surface area contributed by atoms with Crippen molar-refractivity contribution < 1.29 is 12.8 Å². The van der Waals surface area contributed by atoms with Crippen molar-refractivity contribution in [2.75, 3.05) is 13.1 Å². The van der Waals surface area contributed by atoms with Crippen LogP contribution in [0.5, 0.6) is 0 Å². The number of sulfonamides is 1. The first-order chi connectivity index (χ1) is 8.86. The van der Waals surface area contributed by atoms with Crippen LogP contribution in [0.2, 0.25) is 5.02 Å². The average molecular weight is 307 g/mol. The summed E-state index contributed by atoms with van der Waals surface area (Å²) in [5.41, 5.74) is 5.75. The summed E-state index contributed by atoms with van der Waals surface area (Å²) in [6, 6.07) is 2.31. The first kappa shape index (κ1) is 14.7. The van der Waals surface area contributed by atoms with Crippen molar-refractivity contribution in [1.29, 1.82) is 0 Å². The molecule has 1 unspecified atom stereocenters. The minimum Gasteiger partial charge on any atom is -0.326 e. The number of rotatable bonds is 3. The van der Waals surface area contributed by atoms with Crippen LogP contribution in [-0.2, 0) is 16.6 Å². The molecule has 1 aromatic carbocycles. The molecular weight excluding hydrogens is 291 g/mol. The fourth-order valence-corrected chi connectivity index (χ4v) is 4.00. The zero-order chi connectivity index (χ0) is 14.2. The lowest BCUT2D eigenvalue weighted by Gasteiger charge is -2.17. The molecule has 0 saturated carbocycles. The van der Waals surface area contributed by atoms with Gasteiger partial charge in [0.15, 0.2) is 0 Å². The summed E-state index contributed by atoms with van der Waals surface area (Å²) in [7, 11) is -3.66. The Hall–Kier alpha value is -0.690. The molecular formula is C12H16ClFN2O2S. The number of nitrogens with two attached hydrogens (primary N) is 1. The molecule has 4 nitrogen and oxygen atoms in total. The van der Waals surface area contributed by atoms with Gasteiger partial charge in [0.05, 0.1) is 9.92 Å². The third-order valence-corrected chi connectivity index (χ3v) is 5.59. The predicted molar refractivity (Wildman–Crippen MR) is 71.8 cm³/mol. The van der Waals surface area contributed by atoms with Gasteiger partial charge in [-0.2, -0.15) is 4.31 Å². The van der Waals surface area contributed by atoms with Crippen molar-refractivity contribution in [3.8, 4) is 0 Å². The summed E-state index contributed by atoms with van der Waals surface area (Å²) >= 11 is 5.73. The highest BCUT2D eigenvalue weighted by Gasteiger charge is 2.31. The highest BCUT2D eigenvalue weighted by molar-refractivity contribution is 7.89. The smallest absolute Gasteiger partial charge is 0.243 e. The van der Waals surface area contributed by atoms with Crippen LogP contribution in [0, 0.1) is 11.7 Å². The Morgan fingerprint density at radius 2 is 2.21 bits per heavy atom. The highest BCUT2D eigenvalue weighted by atomic mass is 35.5. The maximum atomic E-state index is 13.7. The molecule has 1 heterocycles. The first-order valence-corrected chi connectivity index (χ1v) is 7.86. The molecule has 0 amide bonds. The van der Waals surface area contributed by atoms with Crippen LogP contribution in [0.1, 0.15) is 18.9 Å². The van der Waals surface area contributed by atoms with Crippen molar-refractivity contribution in [3.05, 3.63) is 28.5 Å². The Morgan fingerprint density at radius 3 is 2.74 bits per heavy atom. The van der Waals surface area contributed by atoms with E-state index in [0.29, 0.717) is 24.6 Å². The Bertz CT molecular complexity index is 592. The van der Waals surface area contributed by atoms with Gasteiger partial charge in [-0.25, -0.2) is 12.8 Å². The van der Waals surface area contributed by atoms with E-state index in [4.69, 9.17) is 17.3 Å². The lowest BCUT2D eigenvalue weighted by Crippen LogP contribution is -2.29. The van der Waals surface area contributed by atoms with Gasteiger partial charge in [0, 0.05) is 19.6 Å². The van der Waals surface area contributed by atoms with Gasteiger partial charge in [-0.1, -0.05) is 18.5 Å². The molecule has 2 N–H and O–H groups in total. The molecule has 0 radical (unpaired) electrons. The van der Waals surface area contributed by atoms with Crippen LogP contribution in [-0.4, -0.2) is 25.8 Å². The van der Waals surface area contributed by atoms with E-state index >= 15 is 0 Å². The Labute approximate surface area is 117 Å². The summed E-state index contributed by atoms with van der Waals surface area (Å²) in [6.45, 7) is 2.91. The fourth-order valence-electron chi connectivity index (χ4n) is 2.18. The van der Waals surface area contributed by atoms with Gasteiger partial charge in [0.25, 0.3) is 0 Å². The zero-order valence-corrected chi connectivity index (χ0v) is 12.1. The quantitative estimate of drug-likeness (QED) is 0.928. The molecule has 1 aliphatic rings. The van der Waals surface area contributed by atoms with Gasteiger partial charge >= 0.3 is 0 Å². The lowest BCUT2D eigenvalue weighted by atomic mass is 10.2. The van der Waals surface area contributed by atoms with Gasteiger partial charge in [-0.3, -0.25) is 0 Å². The van der Waals surface area contributed by atoms with E-state index in [1.807, 2.05) is 6.92 Å². The second kappa shape index (κ2) is 5.36. The Kier molecular flexibility index (Phi) is 4.15. The van der Waals surface area contributed by atoms with Gasteiger partial charge in [-0.05, 0) is 30.0 Å². The van der Waals surface area contributed by atoms with Crippen molar-refractivity contribution >= 4 is 21.6 Å². The average Bonchev–Trinajstić information content (AvgIpc) is 2.79. The third-order valence-electron chi connectivity index (χ3n) is 3.32. The first-order valence-electron chi connectivity index (χ1n) is 6.04. The van der Waals surface area contributed by atoms with Crippen LogP contribution >= 0.6 is 11.6 Å². The summed E-state index contributed by atoms with van der Waals surface area (Å²) in [5.74, 6) is -0.434. The fraction of sp³-hybridized carbons (Fsp3) is 0.500. The number of halogens is 2. The van der Waals surface area contributed by atoms with Crippen molar-refractivity contribution in [3.63, 3.8) is 0 Å². The van der Waals surface area contributed by atoms with Crippen LogP contribution in [0.15, 0.2) is 17.0 Å². The second-order valence-electron chi connectivity index (χ2n) is 4.84. The molecule has 1 aliphatic heterocycles. The summed E-state index contributed by atoms with van der Waals surface area (Å²) in [4.78, 5) is -0.0797. The molecule has 1 saturated heterocycles. The number of nitrogens with zero attached hydrogens (tertiary/aromatic N) is 1. The van der Waals surface area contributed by atoms with Gasteiger partial charge in [0.2, 0.25) is 10.0 Å². The maximum absolute atomic E-state index is 13.7. The number of hydrogen-bond acceptors (Lipinski definition) is 3. The molecule has 0 bridgehead atoms. The van der Waals surface area contributed by atoms with E-state index in [-0.39, 0.29) is 16.5 Å². The minimum absolute atomic E-state index is 0.00445. The second-order valence-corrected chi connectivity index (χ2v) is 7.16. The standard InChI is InChI=1S/C12H16ClFN2O2S/c1-8-2-3-16(7-8)19(17,18)10-4-9(6-15)12(13)11(14)5-10/h4-5,8H,2-3,6-7,15H2,1H3. The van der Waals surface area contributed by atoms with Crippen molar-refractivity contribution in [2.24, 2.45) is 11.7 Å². The van der Waals surface area contributed by atoms with Gasteiger partial charge in [-0.15, -0.1) is 0 Å². The molecule has 7 heteroatoms. The molecule has 0 aromatic heterocycles. The van der Waals surface area contributed by atoms with Gasteiger partial charge < -0.3 is 5.73 Å². The molecule has 19 heavy (non-hydrogen) atoms. The molecule has 1 fully saturated rings.